The fourth-order valence-electron chi connectivity index (χ4n) is 5.06. The Morgan fingerprint density at radius 3 is 2.72 bits per heavy atom. The summed E-state index contributed by atoms with van der Waals surface area (Å²) in [6, 6.07) is 13.3. The van der Waals surface area contributed by atoms with Crippen molar-refractivity contribution in [2.24, 2.45) is 11.8 Å². The second-order valence-corrected chi connectivity index (χ2v) is 9.08. The third-order valence-corrected chi connectivity index (χ3v) is 7.01. The summed E-state index contributed by atoms with van der Waals surface area (Å²) in [5.74, 6) is -0.778. The lowest BCUT2D eigenvalue weighted by molar-refractivity contribution is -0.143. The maximum atomic E-state index is 14.4. The molecule has 5 atom stereocenters. The van der Waals surface area contributed by atoms with Gasteiger partial charge >= 0.3 is 0 Å². The molecule has 1 saturated carbocycles. The molecule has 2 saturated heterocycles. The van der Waals surface area contributed by atoms with E-state index in [9.17, 15) is 14.0 Å². The number of carbonyl (C=O) groups excluding carboxylic acids is 2. The van der Waals surface area contributed by atoms with Crippen molar-refractivity contribution >= 4 is 23.4 Å². The third kappa shape index (κ3) is 3.99. The molecule has 4 N–H and O–H groups in total. The number of rotatable bonds is 4. The Morgan fingerprint density at radius 1 is 1.16 bits per heavy atom. The number of hydrazine groups is 2. The average Bonchev–Trinajstić information content (AvgIpc) is 3.22. The summed E-state index contributed by atoms with van der Waals surface area (Å²) in [4.78, 5) is 25.7. The second kappa shape index (κ2) is 8.78. The predicted molar refractivity (Wildman–Crippen MR) is 117 cm³/mol. The van der Waals surface area contributed by atoms with E-state index >= 15 is 0 Å². The standard InChI is InChI=1S/C23H25ClFN5O2/c24-15-8-5-13(6-9-15)12-26-22(31)14-7-10-17-19(11-14)30-21(27-23(17)32)20(28-29-30)16-3-1-2-4-18(16)25/h1-6,8-9,14,17,19-21,28-29H,7,10-12H2,(H,26,31)(H,27,32). The Hall–Kier alpha value is -2.52. The highest BCUT2D eigenvalue weighted by atomic mass is 35.5. The minimum Gasteiger partial charge on any atom is -0.352 e. The van der Waals surface area contributed by atoms with Crippen molar-refractivity contribution in [3.63, 3.8) is 0 Å². The molecule has 0 spiro atoms. The average molecular weight is 458 g/mol. The van der Waals surface area contributed by atoms with Gasteiger partial charge in [-0.1, -0.05) is 41.9 Å². The number of benzene rings is 2. The van der Waals surface area contributed by atoms with Gasteiger partial charge in [-0.3, -0.25) is 9.59 Å². The highest BCUT2D eigenvalue weighted by Gasteiger charge is 2.51. The van der Waals surface area contributed by atoms with E-state index in [1.165, 1.54) is 6.07 Å². The van der Waals surface area contributed by atoms with Crippen LogP contribution in [0.5, 0.6) is 0 Å². The van der Waals surface area contributed by atoms with Crippen LogP contribution in [0, 0.1) is 17.7 Å². The number of nitrogens with zero attached hydrogens (tertiary/aromatic N) is 1. The van der Waals surface area contributed by atoms with Crippen LogP contribution in [-0.4, -0.2) is 29.0 Å². The van der Waals surface area contributed by atoms with Crippen LogP contribution in [-0.2, 0) is 16.1 Å². The summed E-state index contributed by atoms with van der Waals surface area (Å²) in [5.41, 5.74) is 7.71. The van der Waals surface area contributed by atoms with Crippen LogP contribution in [0.15, 0.2) is 48.5 Å². The minimum absolute atomic E-state index is 0.0151. The Balaban J connectivity index is 1.27. The zero-order chi connectivity index (χ0) is 22.2. The van der Waals surface area contributed by atoms with Crippen LogP contribution in [0.2, 0.25) is 5.02 Å². The second-order valence-electron chi connectivity index (χ2n) is 8.64. The van der Waals surface area contributed by atoms with Crippen LogP contribution in [0.25, 0.3) is 0 Å². The van der Waals surface area contributed by atoms with Gasteiger partial charge in [0, 0.05) is 29.1 Å². The number of amides is 2. The van der Waals surface area contributed by atoms with Crippen molar-refractivity contribution < 1.29 is 14.0 Å². The molecule has 168 valence electrons. The van der Waals surface area contributed by atoms with Crippen LogP contribution in [0.3, 0.4) is 0 Å². The van der Waals surface area contributed by atoms with Crippen LogP contribution in [0.1, 0.15) is 36.4 Å². The molecule has 3 fully saturated rings. The fraction of sp³-hybridized carbons (Fsp3) is 0.391. The number of halogens is 2. The molecule has 2 aromatic rings. The SMILES string of the molecule is O=C(NCc1ccc(Cl)cc1)C1CCC2C(=O)NC3C(c4ccccc4F)NNN3C2C1. The normalized spacial score (nSPS) is 29.7. The predicted octanol–water partition coefficient (Wildman–Crippen LogP) is 2.40. The summed E-state index contributed by atoms with van der Waals surface area (Å²) in [7, 11) is 0. The lowest BCUT2D eigenvalue weighted by Crippen LogP contribution is -2.65. The number of fused-ring (bicyclic) bond motifs is 3. The first kappa shape index (κ1) is 21.3. The van der Waals surface area contributed by atoms with Crippen molar-refractivity contribution in [1.29, 1.82) is 0 Å². The van der Waals surface area contributed by atoms with E-state index in [0.717, 1.165) is 5.56 Å². The Labute approximate surface area is 190 Å². The van der Waals surface area contributed by atoms with E-state index in [0.29, 0.717) is 36.4 Å². The van der Waals surface area contributed by atoms with Gasteiger partial charge in [0.05, 0.1) is 12.0 Å². The molecule has 0 radical (unpaired) electrons. The molecular formula is C23H25ClFN5O2. The quantitative estimate of drug-likeness (QED) is 0.566. The molecular weight excluding hydrogens is 433 g/mol. The first-order valence-corrected chi connectivity index (χ1v) is 11.3. The molecule has 0 aromatic heterocycles. The molecule has 7 nitrogen and oxygen atoms in total. The zero-order valence-corrected chi connectivity index (χ0v) is 18.1. The van der Waals surface area contributed by atoms with Gasteiger partial charge in [0.2, 0.25) is 11.8 Å². The third-order valence-electron chi connectivity index (χ3n) is 6.76. The van der Waals surface area contributed by atoms with Gasteiger partial charge in [-0.15, -0.1) is 0 Å². The molecule has 2 aromatic carbocycles. The summed E-state index contributed by atoms with van der Waals surface area (Å²) in [5, 5.41) is 8.65. The smallest absolute Gasteiger partial charge is 0.226 e. The van der Waals surface area contributed by atoms with Gasteiger partial charge in [0.1, 0.15) is 12.0 Å². The molecule has 5 unspecified atom stereocenters. The first-order chi connectivity index (χ1) is 15.5. The fourth-order valence-corrected chi connectivity index (χ4v) is 5.18. The van der Waals surface area contributed by atoms with Crippen LogP contribution >= 0.6 is 11.6 Å². The van der Waals surface area contributed by atoms with Crippen LogP contribution in [0.4, 0.5) is 4.39 Å². The Kier molecular flexibility index (Phi) is 5.86. The first-order valence-electron chi connectivity index (χ1n) is 10.9. The molecule has 1 aliphatic carbocycles. The van der Waals surface area contributed by atoms with Crippen molar-refractivity contribution in [2.45, 2.75) is 44.1 Å². The Morgan fingerprint density at radius 2 is 1.94 bits per heavy atom. The monoisotopic (exact) mass is 457 g/mol. The highest BCUT2D eigenvalue weighted by molar-refractivity contribution is 6.30. The molecule has 2 amide bonds. The van der Waals surface area contributed by atoms with E-state index in [1.54, 1.807) is 30.3 Å². The number of nitrogens with one attached hydrogen (secondary N) is 4. The van der Waals surface area contributed by atoms with Gasteiger partial charge in [-0.05, 0) is 43.0 Å². The minimum atomic E-state index is -0.434. The van der Waals surface area contributed by atoms with E-state index in [4.69, 9.17) is 11.6 Å². The van der Waals surface area contributed by atoms with Crippen molar-refractivity contribution in [2.75, 3.05) is 0 Å². The lowest BCUT2D eigenvalue weighted by atomic mass is 9.75. The molecule has 32 heavy (non-hydrogen) atoms. The largest absolute Gasteiger partial charge is 0.352 e. The van der Waals surface area contributed by atoms with Crippen molar-refractivity contribution in [3.05, 3.63) is 70.5 Å². The van der Waals surface area contributed by atoms with Gasteiger partial charge in [0.25, 0.3) is 0 Å². The molecule has 3 aliphatic rings. The summed E-state index contributed by atoms with van der Waals surface area (Å²) < 4.78 is 14.4. The maximum Gasteiger partial charge on any atom is 0.226 e. The van der Waals surface area contributed by atoms with E-state index in [2.05, 4.69) is 21.6 Å². The maximum absolute atomic E-state index is 14.4. The lowest BCUT2D eigenvalue weighted by Gasteiger charge is -2.46. The molecule has 9 heteroatoms. The molecule has 2 aliphatic heterocycles. The molecule has 5 rings (SSSR count). The van der Waals surface area contributed by atoms with Crippen LogP contribution < -0.4 is 21.6 Å². The Bertz CT molecular complexity index is 1020. The molecule has 0 bridgehead atoms. The number of hydrogen-bond acceptors (Lipinski definition) is 5. The van der Waals surface area contributed by atoms with E-state index < -0.39 is 12.2 Å². The van der Waals surface area contributed by atoms with Gasteiger partial charge < -0.3 is 10.6 Å². The summed E-state index contributed by atoms with van der Waals surface area (Å²) >= 11 is 5.92. The summed E-state index contributed by atoms with van der Waals surface area (Å²) in [6.45, 7) is 0.433. The van der Waals surface area contributed by atoms with E-state index in [-0.39, 0.29) is 35.5 Å². The van der Waals surface area contributed by atoms with Gasteiger partial charge in [-0.2, -0.15) is 5.53 Å². The number of hydrogen-bond donors (Lipinski definition) is 4. The summed E-state index contributed by atoms with van der Waals surface area (Å²) in [6.07, 6.45) is 1.41. The van der Waals surface area contributed by atoms with Crippen molar-refractivity contribution in [3.8, 4) is 0 Å². The topological polar surface area (TPSA) is 85.5 Å². The number of carbonyl (C=O) groups is 2. The van der Waals surface area contributed by atoms with Gasteiger partial charge in [-0.25, -0.2) is 14.8 Å². The molecule has 2 heterocycles. The van der Waals surface area contributed by atoms with E-state index in [1.807, 2.05) is 17.1 Å². The van der Waals surface area contributed by atoms with Gasteiger partial charge in [0.15, 0.2) is 0 Å². The highest BCUT2D eigenvalue weighted by Crippen LogP contribution is 2.39. The zero-order valence-electron chi connectivity index (χ0n) is 17.4. The van der Waals surface area contributed by atoms with Crippen molar-refractivity contribution in [1.82, 2.24) is 26.6 Å².